The van der Waals surface area contributed by atoms with Crippen molar-refractivity contribution in [1.29, 1.82) is 0 Å². The summed E-state index contributed by atoms with van der Waals surface area (Å²) in [6.07, 6.45) is 0. The number of hydrogen-bond acceptors (Lipinski definition) is 6. The van der Waals surface area contributed by atoms with Gasteiger partial charge < -0.3 is 14.9 Å². The topological polar surface area (TPSA) is 92.4 Å². The van der Waals surface area contributed by atoms with Gasteiger partial charge in [-0.2, -0.15) is 0 Å². The van der Waals surface area contributed by atoms with E-state index in [0.717, 1.165) is 21.9 Å². The van der Waals surface area contributed by atoms with Crippen LogP contribution in [0.15, 0.2) is 16.7 Å². The largest absolute Gasteiger partial charge is 0.477 e. The van der Waals surface area contributed by atoms with Crippen LogP contribution in [0.4, 0.5) is 0 Å². The van der Waals surface area contributed by atoms with Crippen molar-refractivity contribution in [3.63, 3.8) is 0 Å². The molecule has 0 aliphatic heterocycles. The Bertz CT molecular complexity index is 659. The van der Waals surface area contributed by atoms with Gasteiger partial charge in [-0.3, -0.25) is 4.79 Å². The fourth-order valence-corrected chi connectivity index (χ4v) is 3.57. The quantitative estimate of drug-likeness (QED) is 0.805. The lowest BCUT2D eigenvalue weighted by atomic mass is 10.2. The molecule has 0 radical (unpaired) electrons. The highest BCUT2D eigenvalue weighted by molar-refractivity contribution is 7.99. The van der Waals surface area contributed by atoms with Crippen molar-refractivity contribution in [1.82, 2.24) is 10.5 Å². The van der Waals surface area contributed by atoms with E-state index in [2.05, 4.69) is 10.5 Å². The maximum atomic E-state index is 11.8. The van der Waals surface area contributed by atoms with Crippen molar-refractivity contribution >= 4 is 35.0 Å². The summed E-state index contributed by atoms with van der Waals surface area (Å²) >= 11 is 2.66. The Morgan fingerprint density at radius 3 is 2.77 bits per heavy atom. The summed E-state index contributed by atoms with van der Waals surface area (Å²) in [5.41, 5.74) is 1.88. The minimum atomic E-state index is -0.947. The standard InChI is InChI=1S/C14H16N2O4S2/c1-8-11(9(2)20-16-8)6-21-7-13(17)15-5-10-3-4-12(22-10)14(18)19/h3-4H,5-7H2,1-2H3,(H,15,17)(H,18,19). The van der Waals surface area contributed by atoms with E-state index in [0.29, 0.717) is 18.1 Å². The molecule has 118 valence electrons. The van der Waals surface area contributed by atoms with Crippen molar-refractivity contribution in [2.75, 3.05) is 5.75 Å². The molecule has 0 atom stereocenters. The van der Waals surface area contributed by atoms with Gasteiger partial charge in [0, 0.05) is 16.2 Å². The number of thiophene rings is 1. The predicted octanol–water partition coefficient (Wildman–Crippen LogP) is 2.60. The van der Waals surface area contributed by atoms with Crippen LogP contribution in [-0.2, 0) is 17.1 Å². The number of aromatic carboxylic acids is 1. The first-order valence-electron chi connectivity index (χ1n) is 6.55. The molecule has 2 aromatic rings. The maximum absolute atomic E-state index is 11.8. The molecule has 0 fully saturated rings. The molecule has 22 heavy (non-hydrogen) atoms. The second-order valence-corrected chi connectivity index (χ2v) is 6.80. The van der Waals surface area contributed by atoms with Gasteiger partial charge in [-0.25, -0.2) is 4.79 Å². The van der Waals surface area contributed by atoms with Crippen LogP contribution in [0.1, 0.15) is 31.6 Å². The highest BCUT2D eigenvalue weighted by Crippen LogP contribution is 2.19. The van der Waals surface area contributed by atoms with Crippen LogP contribution < -0.4 is 5.32 Å². The predicted molar refractivity (Wildman–Crippen MR) is 85.3 cm³/mol. The number of nitrogens with one attached hydrogen (secondary N) is 1. The number of nitrogens with zero attached hydrogens (tertiary/aromatic N) is 1. The fraction of sp³-hybridized carbons (Fsp3) is 0.357. The van der Waals surface area contributed by atoms with Gasteiger partial charge in [0.2, 0.25) is 5.91 Å². The zero-order valence-corrected chi connectivity index (χ0v) is 13.8. The number of thioether (sulfide) groups is 1. The molecule has 0 aliphatic carbocycles. The molecule has 2 heterocycles. The monoisotopic (exact) mass is 340 g/mol. The van der Waals surface area contributed by atoms with Crippen LogP contribution in [0, 0.1) is 13.8 Å². The SMILES string of the molecule is Cc1noc(C)c1CSCC(=O)NCc1ccc(C(=O)O)s1. The Kier molecular flexibility index (Phi) is 5.62. The zero-order chi connectivity index (χ0) is 16.1. The van der Waals surface area contributed by atoms with Crippen LogP contribution in [0.25, 0.3) is 0 Å². The van der Waals surface area contributed by atoms with E-state index < -0.39 is 5.97 Å². The van der Waals surface area contributed by atoms with E-state index in [1.165, 1.54) is 23.1 Å². The molecule has 1 amide bonds. The van der Waals surface area contributed by atoms with Crippen molar-refractivity contribution in [3.8, 4) is 0 Å². The summed E-state index contributed by atoms with van der Waals surface area (Å²) in [6, 6.07) is 3.26. The number of aromatic nitrogens is 1. The highest BCUT2D eigenvalue weighted by Gasteiger charge is 2.11. The van der Waals surface area contributed by atoms with Crippen molar-refractivity contribution in [2.24, 2.45) is 0 Å². The van der Waals surface area contributed by atoms with Crippen LogP contribution in [0.3, 0.4) is 0 Å². The molecule has 2 rings (SSSR count). The first-order valence-corrected chi connectivity index (χ1v) is 8.52. The van der Waals surface area contributed by atoms with Crippen LogP contribution >= 0.6 is 23.1 Å². The molecule has 0 saturated heterocycles. The first kappa shape index (κ1) is 16.6. The van der Waals surface area contributed by atoms with Crippen molar-refractivity contribution in [3.05, 3.63) is 38.9 Å². The minimum Gasteiger partial charge on any atom is -0.477 e. The van der Waals surface area contributed by atoms with Gasteiger partial charge in [0.05, 0.1) is 18.0 Å². The van der Waals surface area contributed by atoms with Crippen LogP contribution in [0.5, 0.6) is 0 Å². The maximum Gasteiger partial charge on any atom is 0.345 e. The van der Waals surface area contributed by atoms with E-state index in [4.69, 9.17) is 9.63 Å². The van der Waals surface area contributed by atoms with E-state index in [1.54, 1.807) is 12.1 Å². The summed E-state index contributed by atoms with van der Waals surface area (Å²) in [5, 5.41) is 15.5. The number of carboxylic acid groups (broad SMARTS) is 1. The van der Waals surface area contributed by atoms with E-state index >= 15 is 0 Å². The minimum absolute atomic E-state index is 0.0814. The molecular formula is C14H16N2O4S2. The Balaban J connectivity index is 1.73. The molecule has 2 aromatic heterocycles. The van der Waals surface area contributed by atoms with E-state index in [1.807, 2.05) is 13.8 Å². The second kappa shape index (κ2) is 7.46. The lowest BCUT2D eigenvalue weighted by Crippen LogP contribution is -2.24. The summed E-state index contributed by atoms with van der Waals surface area (Å²) < 4.78 is 5.07. The lowest BCUT2D eigenvalue weighted by Gasteiger charge is -2.03. The molecule has 0 saturated carbocycles. The zero-order valence-electron chi connectivity index (χ0n) is 12.2. The first-order chi connectivity index (χ1) is 10.5. The molecule has 0 bridgehead atoms. The van der Waals surface area contributed by atoms with Gasteiger partial charge in [-0.15, -0.1) is 23.1 Å². The number of rotatable bonds is 7. The van der Waals surface area contributed by atoms with E-state index in [9.17, 15) is 9.59 Å². The number of carboxylic acids is 1. The average molecular weight is 340 g/mol. The summed E-state index contributed by atoms with van der Waals surface area (Å²) in [4.78, 5) is 23.6. The van der Waals surface area contributed by atoms with Gasteiger partial charge >= 0.3 is 5.97 Å². The molecule has 0 aliphatic rings. The number of amides is 1. The number of aryl methyl sites for hydroxylation is 2. The molecule has 6 nitrogen and oxygen atoms in total. The highest BCUT2D eigenvalue weighted by atomic mass is 32.2. The Hall–Kier alpha value is -1.80. The normalized spacial score (nSPS) is 10.6. The molecule has 0 aromatic carbocycles. The molecule has 0 spiro atoms. The number of carbonyl (C=O) groups excluding carboxylic acids is 1. The van der Waals surface area contributed by atoms with Gasteiger partial charge in [0.1, 0.15) is 10.6 Å². The summed E-state index contributed by atoms with van der Waals surface area (Å²) in [6.45, 7) is 4.08. The van der Waals surface area contributed by atoms with Crippen molar-refractivity contribution < 1.29 is 19.2 Å². The third kappa shape index (κ3) is 4.35. The summed E-state index contributed by atoms with van der Waals surface area (Å²) in [5.74, 6) is 0.766. The Morgan fingerprint density at radius 1 is 1.41 bits per heavy atom. The second-order valence-electron chi connectivity index (χ2n) is 4.64. The Labute approximate surface area is 135 Å². The average Bonchev–Trinajstić information content (AvgIpc) is 3.06. The van der Waals surface area contributed by atoms with Gasteiger partial charge in [0.25, 0.3) is 0 Å². The fourth-order valence-electron chi connectivity index (χ4n) is 1.78. The third-order valence-corrected chi connectivity index (χ3v) is 5.03. The van der Waals surface area contributed by atoms with E-state index in [-0.39, 0.29) is 10.8 Å². The molecule has 0 unspecified atom stereocenters. The number of hydrogen-bond donors (Lipinski definition) is 2. The van der Waals surface area contributed by atoms with Crippen LogP contribution in [0.2, 0.25) is 0 Å². The smallest absolute Gasteiger partial charge is 0.345 e. The third-order valence-electron chi connectivity index (χ3n) is 2.99. The molecular weight excluding hydrogens is 324 g/mol. The molecule has 8 heteroatoms. The lowest BCUT2D eigenvalue weighted by molar-refractivity contribution is -0.118. The van der Waals surface area contributed by atoms with Gasteiger partial charge in [0.15, 0.2) is 0 Å². The molecule has 2 N–H and O–H groups in total. The van der Waals surface area contributed by atoms with Gasteiger partial charge in [-0.05, 0) is 26.0 Å². The Morgan fingerprint density at radius 2 is 2.18 bits per heavy atom. The van der Waals surface area contributed by atoms with Crippen molar-refractivity contribution in [2.45, 2.75) is 26.1 Å². The number of carbonyl (C=O) groups is 2. The van der Waals surface area contributed by atoms with Crippen LogP contribution in [-0.4, -0.2) is 27.9 Å². The van der Waals surface area contributed by atoms with Gasteiger partial charge in [-0.1, -0.05) is 5.16 Å². The summed E-state index contributed by atoms with van der Waals surface area (Å²) in [7, 11) is 0.